The number of urea groups is 1. The van der Waals surface area contributed by atoms with E-state index in [2.05, 4.69) is 10.3 Å². The lowest BCUT2D eigenvalue weighted by atomic mass is 10.3. The van der Waals surface area contributed by atoms with Gasteiger partial charge in [0.25, 0.3) is 5.56 Å². The van der Waals surface area contributed by atoms with Crippen LogP contribution in [-0.4, -0.2) is 27.9 Å². The Bertz CT molecular complexity index is 786. The number of fused-ring (bicyclic) bond motifs is 1. The van der Waals surface area contributed by atoms with Gasteiger partial charge in [-0.05, 0) is 6.07 Å². The zero-order valence-electron chi connectivity index (χ0n) is 10.2. The van der Waals surface area contributed by atoms with Gasteiger partial charge in [0, 0.05) is 30.3 Å². The summed E-state index contributed by atoms with van der Waals surface area (Å²) in [6.45, 7) is 0.154. The van der Waals surface area contributed by atoms with Crippen molar-refractivity contribution in [3.05, 3.63) is 39.9 Å². The molecule has 0 unspecified atom stereocenters. The first-order valence-electron chi connectivity index (χ1n) is 5.84. The van der Waals surface area contributed by atoms with Crippen LogP contribution in [-0.2, 0) is 4.79 Å². The lowest BCUT2D eigenvalue weighted by molar-refractivity contribution is -0.120. The number of aromatic nitrogens is 2. The molecule has 0 aromatic carbocycles. The number of hydrogen-bond donors (Lipinski definition) is 1. The van der Waals surface area contributed by atoms with Crippen LogP contribution in [0.3, 0.4) is 0 Å². The Labute approximate surface area is 117 Å². The molecule has 1 saturated heterocycles. The van der Waals surface area contributed by atoms with E-state index in [-0.39, 0.29) is 24.6 Å². The minimum Gasteiger partial charge on any atom is -0.287 e. The van der Waals surface area contributed by atoms with Gasteiger partial charge in [-0.2, -0.15) is 0 Å². The van der Waals surface area contributed by atoms with Gasteiger partial charge in [0.1, 0.15) is 11.3 Å². The lowest BCUT2D eigenvalue weighted by Crippen LogP contribution is -2.51. The van der Waals surface area contributed by atoms with Crippen LogP contribution >= 0.6 is 11.6 Å². The van der Waals surface area contributed by atoms with Gasteiger partial charge in [-0.15, -0.1) is 0 Å². The normalized spacial score (nSPS) is 15.6. The number of imide groups is 1. The van der Waals surface area contributed by atoms with E-state index >= 15 is 0 Å². The van der Waals surface area contributed by atoms with Crippen LogP contribution in [0.25, 0.3) is 5.65 Å². The molecule has 0 spiro atoms. The van der Waals surface area contributed by atoms with Crippen molar-refractivity contribution in [1.82, 2.24) is 14.7 Å². The highest BCUT2D eigenvalue weighted by Gasteiger charge is 2.26. The molecule has 3 heterocycles. The molecule has 8 heteroatoms. The summed E-state index contributed by atoms with van der Waals surface area (Å²) in [7, 11) is 0. The molecular weight excluding hydrogens is 284 g/mol. The number of carbonyl (C=O) groups excluding carboxylic acids is 2. The Morgan fingerprint density at radius 1 is 1.30 bits per heavy atom. The molecule has 0 aliphatic carbocycles. The van der Waals surface area contributed by atoms with Crippen molar-refractivity contribution in [2.45, 2.75) is 6.42 Å². The van der Waals surface area contributed by atoms with E-state index in [0.717, 1.165) is 0 Å². The van der Waals surface area contributed by atoms with Crippen molar-refractivity contribution < 1.29 is 9.59 Å². The molecule has 0 bridgehead atoms. The van der Waals surface area contributed by atoms with E-state index < -0.39 is 11.6 Å². The number of nitrogens with zero attached hydrogens (tertiary/aromatic N) is 3. The fraction of sp³-hybridized carbons (Fsp3) is 0.167. The smallest absolute Gasteiger partial charge is 0.287 e. The molecule has 1 aliphatic rings. The maximum Gasteiger partial charge on any atom is 0.328 e. The molecule has 7 nitrogen and oxygen atoms in total. The number of nitrogens with one attached hydrogen (secondary N) is 1. The molecular formula is C12H9ClN4O3. The van der Waals surface area contributed by atoms with Crippen molar-refractivity contribution >= 4 is 34.9 Å². The number of hydrogen-bond acceptors (Lipinski definition) is 4. The Morgan fingerprint density at radius 3 is 2.85 bits per heavy atom. The van der Waals surface area contributed by atoms with Crippen LogP contribution in [0.5, 0.6) is 0 Å². The molecule has 0 atom stereocenters. The second kappa shape index (κ2) is 4.61. The van der Waals surface area contributed by atoms with Crippen LogP contribution in [0.2, 0.25) is 5.02 Å². The molecule has 102 valence electrons. The number of pyridine rings is 1. The van der Waals surface area contributed by atoms with Gasteiger partial charge < -0.3 is 0 Å². The minimum absolute atomic E-state index is 0.120. The summed E-state index contributed by atoms with van der Waals surface area (Å²) in [4.78, 5) is 40.5. The number of anilines is 1. The van der Waals surface area contributed by atoms with Crippen LogP contribution < -0.4 is 15.8 Å². The third-order valence-corrected chi connectivity index (χ3v) is 3.23. The highest BCUT2D eigenvalue weighted by molar-refractivity contribution is 6.30. The molecule has 2 aromatic rings. The van der Waals surface area contributed by atoms with E-state index in [9.17, 15) is 14.4 Å². The molecule has 1 fully saturated rings. The highest BCUT2D eigenvalue weighted by atomic mass is 35.5. The van der Waals surface area contributed by atoms with Crippen molar-refractivity contribution in [2.75, 3.05) is 11.4 Å². The maximum absolute atomic E-state index is 12.3. The van der Waals surface area contributed by atoms with Gasteiger partial charge >= 0.3 is 6.03 Å². The third kappa shape index (κ3) is 2.01. The second-order valence-corrected chi connectivity index (χ2v) is 4.71. The van der Waals surface area contributed by atoms with E-state index in [1.165, 1.54) is 21.7 Å². The maximum atomic E-state index is 12.3. The molecule has 3 rings (SSSR count). The number of carbonyl (C=O) groups is 2. The van der Waals surface area contributed by atoms with E-state index in [1.807, 2.05) is 0 Å². The van der Waals surface area contributed by atoms with Gasteiger partial charge in [-0.25, -0.2) is 9.78 Å². The Morgan fingerprint density at radius 2 is 2.10 bits per heavy atom. The fourth-order valence-electron chi connectivity index (χ4n) is 2.02. The van der Waals surface area contributed by atoms with E-state index in [1.54, 1.807) is 12.1 Å². The molecule has 1 N–H and O–H groups in total. The molecule has 20 heavy (non-hydrogen) atoms. The third-order valence-electron chi connectivity index (χ3n) is 3.00. The Kier molecular flexibility index (Phi) is 2.90. The van der Waals surface area contributed by atoms with Gasteiger partial charge in [-0.1, -0.05) is 11.6 Å². The molecule has 0 radical (unpaired) electrons. The highest BCUT2D eigenvalue weighted by Crippen LogP contribution is 2.14. The lowest BCUT2D eigenvalue weighted by Gasteiger charge is -2.25. The number of rotatable bonds is 1. The van der Waals surface area contributed by atoms with E-state index in [0.29, 0.717) is 10.7 Å². The summed E-state index contributed by atoms with van der Waals surface area (Å²) >= 11 is 5.83. The summed E-state index contributed by atoms with van der Waals surface area (Å²) in [6, 6.07) is 2.49. The summed E-state index contributed by atoms with van der Waals surface area (Å²) in [6.07, 6.45) is 2.95. The van der Waals surface area contributed by atoms with Gasteiger partial charge in [0.15, 0.2) is 0 Å². The standard InChI is InChI=1S/C12H9ClN4O3/c13-7-1-3-17-9(5-7)14-6-8(11(17)19)16-4-2-10(18)15-12(16)20/h1,3,5-6H,2,4H2,(H,15,18,20). The van der Waals surface area contributed by atoms with Crippen molar-refractivity contribution in [2.24, 2.45) is 0 Å². The average molecular weight is 293 g/mol. The topological polar surface area (TPSA) is 83.8 Å². The molecule has 0 saturated carbocycles. The largest absolute Gasteiger partial charge is 0.328 e. The SMILES string of the molecule is O=C1CCN(c2cnc3cc(Cl)ccn3c2=O)C(=O)N1. The van der Waals surface area contributed by atoms with Gasteiger partial charge in [-0.3, -0.25) is 24.2 Å². The first-order chi connectivity index (χ1) is 9.56. The summed E-state index contributed by atoms with van der Waals surface area (Å²) in [5.41, 5.74) is 0.116. The zero-order valence-corrected chi connectivity index (χ0v) is 10.9. The summed E-state index contributed by atoms with van der Waals surface area (Å²) < 4.78 is 1.30. The quantitative estimate of drug-likeness (QED) is 0.842. The molecule has 2 aromatic heterocycles. The number of halogens is 1. The van der Waals surface area contributed by atoms with Gasteiger partial charge in [0.2, 0.25) is 5.91 Å². The monoisotopic (exact) mass is 292 g/mol. The van der Waals surface area contributed by atoms with Crippen LogP contribution in [0.15, 0.2) is 29.3 Å². The van der Waals surface area contributed by atoms with Crippen molar-refractivity contribution in [1.29, 1.82) is 0 Å². The van der Waals surface area contributed by atoms with Crippen molar-refractivity contribution in [3.8, 4) is 0 Å². The van der Waals surface area contributed by atoms with Crippen LogP contribution in [0.1, 0.15) is 6.42 Å². The zero-order chi connectivity index (χ0) is 14.3. The second-order valence-electron chi connectivity index (χ2n) is 4.28. The van der Waals surface area contributed by atoms with Crippen molar-refractivity contribution in [3.63, 3.8) is 0 Å². The van der Waals surface area contributed by atoms with Crippen LogP contribution in [0.4, 0.5) is 10.5 Å². The van der Waals surface area contributed by atoms with Gasteiger partial charge in [0.05, 0.1) is 6.20 Å². The average Bonchev–Trinajstić information content (AvgIpc) is 2.40. The predicted octanol–water partition coefficient (Wildman–Crippen LogP) is 0.794. The first-order valence-corrected chi connectivity index (χ1v) is 6.22. The summed E-state index contributed by atoms with van der Waals surface area (Å²) in [5, 5.41) is 2.63. The minimum atomic E-state index is -0.617. The first kappa shape index (κ1) is 12.6. The Hall–Kier alpha value is -2.41. The molecule has 3 amide bonds. The predicted molar refractivity (Wildman–Crippen MR) is 72.0 cm³/mol. The summed E-state index contributed by atoms with van der Waals surface area (Å²) in [5.74, 6) is -0.355. The molecule has 1 aliphatic heterocycles. The Balaban J connectivity index is 2.11. The van der Waals surface area contributed by atoms with Crippen LogP contribution in [0, 0.1) is 0 Å². The van der Waals surface area contributed by atoms with E-state index in [4.69, 9.17) is 11.6 Å². The number of amides is 3. The fourth-order valence-corrected chi connectivity index (χ4v) is 2.17.